The van der Waals surface area contributed by atoms with E-state index in [1.54, 1.807) is 6.92 Å². The molecule has 4 heteroatoms. The maximum absolute atomic E-state index is 11.9. The van der Waals surface area contributed by atoms with Gasteiger partial charge >= 0.3 is 0 Å². The summed E-state index contributed by atoms with van der Waals surface area (Å²) in [6, 6.07) is 23.8. The second-order valence-corrected chi connectivity index (χ2v) is 10.3. The van der Waals surface area contributed by atoms with Gasteiger partial charge in [-0.05, 0) is 55.5 Å². The van der Waals surface area contributed by atoms with Crippen molar-refractivity contribution in [2.75, 3.05) is 6.54 Å². The van der Waals surface area contributed by atoms with E-state index in [-0.39, 0.29) is 17.7 Å². The first-order valence-corrected chi connectivity index (χ1v) is 13.2. The van der Waals surface area contributed by atoms with Crippen LogP contribution in [0.1, 0.15) is 61.4 Å². The van der Waals surface area contributed by atoms with Gasteiger partial charge in [0, 0.05) is 46.1 Å². The lowest BCUT2D eigenvalue weighted by Crippen LogP contribution is -2.10. The number of fused-ring (bicyclic) bond motifs is 1. The molecule has 0 saturated heterocycles. The number of allylic oxidation sites excluding steroid dienone is 5. The first-order valence-electron chi connectivity index (χ1n) is 13.2. The van der Waals surface area contributed by atoms with Crippen LogP contribution in [0.2, 0.25) is 0 Å². The highest BCUT2D eigenvalue weighted by Crippen LogP contribution is 2.40. The van der Waals surface area contributed by atoms with Gasteiger partial charge in [-0.25, -0.2) is 4.98 Å². The zero-order chi connectivity index (χ0) is 26.2. The molecular weight excluding hydrogens is 466 g/mol. The van der Waals surface area contributed by atoms with E-state index >= 15 is 0 Å². The van der Waals surface area contributed by atoms with E-state index in [0.717, 1.165) is 40.8 Å². The molecular formula is C34H31N3O. The van der Waals surface area contributed by atoms with Gasteiger partial charge in [-0.3, -0.25) is 9.79 Å². The summed E-state index contributed by atoms with van der Waals surface area (Å²) >= 11 is 0. The Labute approximate surface area is 223 Å². The number of aromatic nitrogens is 2. The summed E-state index contributed by atoms with van der Waals surface area (Å²) in [5.74, 6) is 0.161. The molecule has 0 amide bonds. The minimum Gasteiger partial charge on any atom is -0.325 e. The molecule has 6 rings (SSSR count). The third kappa shape index (κ3) is 4.26. The van der Waals surface area contributed by atoms with E-state index in [9.17, 15) is 4.79 Å². The molecule has 4 aromatic rings. The summed E-state index contributed by atoms with van der Waals surface area (Å²) in [6.07, 6.45) is 11.2. The number of pyridine rings is 1. The van der Waals surface area contributed by atoms with Gasteiger partial charge in [0.05, 0.1) is 12.6 Å². The second kappa shape index (κ2) is 9.86. The average Bonchev–Trinajstić information content (AvgIpc) is 3.49. The molecule has 1 aliphatic heterocycles. The maximum Gasteiger partial charge on any atom is 0.159 e. The second-order valence-electron chi connectivity index (χ2n) is 10.3. The smallest absolute Gasteiger partial charge is 0.159 e. The number of hydrogen-bond acceptors (Lipinski definition) is 3. The normalized spacial score (nSPS) is 17.3. The molecule has 1 atom stereocenters. The Hall–Kier alpha value is -4.31. The van der Waals surface area contributed by atoms with E-state index in [4.69, 9.17) is 4.98 Å². The fourth-order valence-electron chi connectivity index (χ4n) is 5.85. The van der Waals surface area contributed by atoms with Crippen LogP contribution in [0.3, 0.4) is 0 Å². The predicted molar refractivity (Wildman–Crippen MR) is 156 cm³/mol. The fourth-order valence-corrected chi connectivity index (χ4v) is 5.85. The quantitative estimate of drug-likeness (QED) is 0.277. The van der Waals surface area contributed by atoms with Gasteiger partial charge in [-0.15, -0.1) is 0 Å². The van der Waals surface area contributed by atoms with Gasteiger partial charge in [-0.2, -0.15) is 0 Å². The number of Topliss-reactive ketones (excluding diaryl/α,β-unsaturated/α-hetero) is 1. The molecule has 1 aliphatic carbocycles. The van der Waals surface area contributed by atoms with Crippen LogP contribution in [0.5, 0.6) is 0 Å². The number of aliphatic imine (C=N–C) groups is 1. The summed E-state index contributed by atoms with van der Waals surface area (Å²) in [5.41, 5.74) is 10.1. The standard InChI is InChI=1S/C34H31N3O/c1-22-19-35-23(2)32(22)28-18-30-31(33(26-10-6-4-7-11-26)27-12-8-5-9-13-27)21-37(34(30)36-20-28)29-16-14-25(15-17-29)24(3)38/h4-16,18,20-21,29,33H,17,19H2,1-3H3. The lowest BCUT2D eigenvalue weighted by atomic mass is 9.85. The van der Waals surface area contributed by atoms with Crippen molar-refractivity contribution in [1.29, 1.82) is 0 Å². The zero-order valence-electron chi connectivity index (χ0n) is 22.1. The number of carbonyl (C=O) groups excluding carboxylic acids is 1. The summed E-state index contributed by atoms with van der Waals surface area (Å²) in [7, 11) is 0. The van der Waals surface area contributed by atoms with Crippen LogP contribution in [0.4, 0.5) is 0 Å². The van der Waals surface area contributed by atoms with Crippen LogP contribution in [-0.4, -0.2) is 27.6 Å². The molecule has 4 nitrogen and oxygen atoms in total. The van der Waals surface area contributed by atoms with Gasteiger partial charge in [0.2, 0.25) is 0 Å². The van der Waals surface area contributed by atoms with Crippen molar-refractivity contribution >= 4 is 28.1 Å². The van der Waals surface area contributed by atoms with Crippen LogP contribution in [0.25, 0.3) is 16.6 Å². The topological polar surface area (TPSA) is 47.2 Å². The Bertz CT molecular complexity index is 1610. The number of nitrogens with zero attached hydrogens (tertiary/aromatic N) is 3. The van der Waals surface area contributed by atoms with Crippen LogP contribution in [-0.2, 0) is 4.79 Å². The summed E-state index contributed by atoms with van der Waals surface area (Å²) in [5, 5.41) is 1.15. The van der Waals surface area contributed by atoms with E-state index in [0.29, 0.717) is 0 Å². The Balaban J connectivity index is 1.58. The monoisotopic (exact) mass is 497 g/mol. The van der Waals surface area contributed by atoms with Crippen LogP contribution < -0.4 is 0 Å². The lowest BCUT2D eigenvalue weighted by Gasteiger charge is -2.19. The maximum atomic E-state index is 11.9. The van der Waals surface area contributed by atoms with E-state index in [1.807, 2.05) is 18.3 Å². The molecule has 2 aromatic carbocycles. The highest BCUT2D eigenvalue weighted by atomic mass is 16.1. The van der Waals surface area contributed by atoms with Crippen molar-refractivity contribution in [3.8, 4) is 0 Å². The number of hydrogen-bond donors (Lipinski definition) is 0. The summed E-state index contributed by atoms with van der Waals surface area (Å²) in [6.45, 7) is 6.62. The van der Waals surface area contributed by atoms with Crippen molar-refractivity contribution in [3.05, 3.63) is 131 Å². The van der Waals surface area contributed by atoms with Crippen molar-refractivity contribution in [1.82, 2.24) is 9.55 Å². The molecule has 0 N–H and O–H groups in total. The Kier molecular flexibility index (Phi) is 6.24. The van der Waals surface area contributed by atoms with Gasteiger partial charge in [0.15, 0.2) is 5.78 Å². The van der Waals surface area contributed by atoms with E-state index in [2.05, 4.69) is 102 Å². The number of rotatable bonds is 6. The summed E-state index contributed by atoms with van der Waals surface area (Å²) in [4.78, 5) is 21.7. The van der Waals surface area contributed by atoms with Crippen LogP contribution in [0, 0.1) is 0 Å². The van der Waals surface area contributed by atoms with Gasteiger partial charge in [-0.1, -0.05) is 78.9 Å². The van der Waals surface area contributed by atoms with Crippen LogP contribution >= 0.6 is 0 Å². The molecule has 2 aliphatic rings. The molecule has 0 bridgehead atoms. The fraction of sp³-hybridized carbons (Fsp3) is 0.206. The van der Waals surface area contributed by atoms with Crippen molar-refractivity contribution in [2.24, 2.45) is 4.99 Å². The summed E-state index contributed by atoms with van der Waals surface area (Å²) < 4.78 is 2.29. The third-order valence-corrected chi connectivity index (χ3v) is 7.75. The molecule has 188 valence electrons. The Morgan fingerprint density at radius 3 is 2.24 bits per heavy atom. The molecule has 3 heterocycles. The molecule has 1 unspecified atom stereocenters. The lowest BCUT2D eigenvalue weighted by molar-refractivity contribution is -0.113. The predicted octanol–water partition coefficient (Wildman–Crippen LogP) is 7.48. The average molecular weight is 498 g/mol. The number of carbonyl (C=O) groups is 1. The molecule has 38 heavy (non-hydrogen) atoms. The van der Waals surface area contributed by atoms with Crippen molar-refractivity contribution < 1.29 is 4.79 Å². The van der Waals surface area contributed by atoms with Crippen LogP contribution in [0.15, 0.2) is 113 Å². The molecule has 0 fully saturated rings. The largest absolute Gasteiger partial charge is 0.325 e. The van der Waals surface area contributed by atoms with Gasteiger partial charge in [0.25, 0.3) is 0 Å². The number of benzene rings is 2. The molecule has 0 saturated carbocycles. The minimum atomic E-state index is 0.0579. The molecule has 0 spiro atoms. The van der Waals surface area contributed by atoms with E-state index in [1.165, 1.54) is 27.8 Å². The van der Waals surface area contributed by atoms with Gasteiger partial charge in [0.1, 0.15) is 5.65 Å². The SMILES string of the molecule is CC(=O)C1=CCC(n2cc(C(c3ccccc3)c3ccccc3)c3cc(C4=C(C)CN=C4C)cnc32)C=C1. The first kappa shape index (κ1) is 24.1. The van der Waals surface area contributed by atoms with Crippen molar-refractivity contribution in [3.63, 3.8) is 0 Å². The minimum absolute atomic E-state index is 0.0579. The van der Waals surface area contributed by atoms with E-state index < -0.39 is 0 Å². The molecule has 2 aromatic heterocycles. The highest BCUT2D eigenvalue weighted by Gasteiger charge is 2.26. The highest BCUT2D eigenvalue weighted by molar-refractivity contribution is 6.25. The van der Waals surface area contributed by atoms with Gasteiger partial charge < -0.3 is 4.57 Å². The molecule has 0 radical (unpaired) electrons. The van der Waals surface area contributed by atoms with Crippen molar-refractivity contribution in [2.45, 2.75) is 39.2 Å². The third-order valence-electron chi connectivity index (χ3n) is 7.75. The zero-order valence-corrected chi connectivity index (χ0v) is 22.1. The Morgan fingerprint density at radius 1 is 1.00 bits per heavy atom. The number of ketones is 1. The Morgan fingerprint density at radius 2 is 1.68 bits per heavy atom. The first-order chi connectivity index (χ1) is 18.5.